The molecule has 6 aromatic rings. The van der Waals surface area contributed by atoms with Gasteiger partial charge in [0.2, 0.25) is 0 Å². The van der Waals surface area contributed by atoms with Gasteiger partial charge in [-0.2, -0.15) is 11.6 Å². The third kappa shape index (κ3) is 3.73. The van der Waals surface area contributed by atoms with Crippen LogP contribution in [0.4, 0.5) is 0 Å². The van der Waals surface area contributed by atoms with Gasteiger partial charge in [0.1, 0.15) is 0 Å². The molecule has 36 heavy (non-hydrogen) atoms. The molecule has 3 heterocycles. The first kappa shape index (κ1) is 24.2. The van der Waals surface area contributed by atoms with Crippen molar-refractivity contribution in [3.05, 3.63) is 114 Å². The van der Waals surface area contributed by atoms with Crippen LogP contribution in [0, 0.1) is 26.0 Å². The van der Waals surface area contributed by atoms with E-state index in [0.717, 1.165) is 33.4 Å². The largest absolute Gasteiger partial charge is 0.318 e. The van der Waals surface area contributed by atoms with Gasteiger partial charge in [-0.15, -0.1) is 35.2 Å². The van der Waals surface area contributed by atoms with Crippen LogP contribution < -0.4 is 0 Å². The van der Waals surface area contributed by atoms with Crippen LogP contribution >= 0.6 is 0 Å². The van der Waals surface area contributed by atoms with E-state index in [1.807, 2.05) is 50.4 Å². The van der Waals surface area contributed by atoms with Crippen molar-refractivity contribution in [2.45, 2.75) is 33.1 Å². The molecule has 1 radical (unpaired) electrons. The molecule has 3 aromatic carbocycles. The first-order valence-electron chi connectivity index (χ1n) is 11.9. The smallest absolute Gasteiger partial charge is 0.0161 e. The van der Waals surface area contributed by atoms with Gasteiger partial charge in [-0.1, -0.05) is 62.1 Å². The molecule has 3 nitrogen and oxygen atoms in total. The second-order valence-electron chi connectivity index (χ2n) is 9.66. The van der Waals surface area contributed by atoms with Gasteiger partial charge in [-0.05, 0) is 69.3 Å². The number of benzene rings is 3. The van der Waals surface area contributed by atoms with E-state index in [0.29, 0.717) is 0 Å². The molecule has 0 saturated carbocycles. The standard InChI is InChI=1S/C20H14N.C12H11N2.Ir/c1-20(2)15-9-3-6-12-13-8-5-11-21-19(13)14-7-4-10-16(20)18(14)17(12)15;1-9-5-7-13-11(8-9)12-10(2)4-3-6-14-12;/h3-6,8-11H,1-2H3;3-7H,1-2H3;/q2*-1;. The Labute approximate surface area is 225 Å². The van der Waals surface area contributed by atoms with Gasteiger partial charge in [0.05, 0.1) is 0 Å². The molecule has 0 bridgehead atoms. The average molecular weight is 644 g/mol. The Balaban J connectivity index is 0.000000157. The monoisotopic (exact) mass is 644 g/mol. The molecule has 0 fully saturated rings. The molecule has 7 rings (SSSR count). The normalized spacial score (nSPS) is 13.0. The minimum atomic E-state index is 0. The van der Waals surface area contributed by atoms with Gasteiger partial charge in [0.15, 0.2) is 0 Å². The van der Waals surface area contributed by atoms with Crippen molar-refractivity contribution in [1.82, 2.24) is 15.0 Å². The summed E-state index contributed by atoms with van der Waals surface area (Å²) in [5.74, 6) is 0. The summed E-state index contributed by atoms with van der Waals surface area (Å²) in [4.78, 5) is 13.2. The molecule has 0 spiro atoms. The van der Waals surface area contributed by atoms with Gasteiger partial charge < -0.3 is 9.97 Å². The van der Waals surface area contributed by atoms with Gasteiger partial charge in [-0.3, -0.25) is 4.98 Å². The fourth-order valence-corrected chi connectivity index (χ4v) is 5.34. The van der Waals surface area contributed by atoms with Crippen molar-refractivity contribution in [2.24, 2.45) is 0 Å². The maximum Gasteiger partial charge on any atom is 0.0161 e. The Hall–Kier alpha value is -3.46. The van der Waals surface area contributed by atoms with Gasteiger partial charge >= 0.3 is 0 Å². The first-order chi connectivity index (χ1) is 17.0. The average Bonchev–Trinajstić information content (AvgIpc) is 3.12. The topological polar surface area (TPSA) is 38.7 Å². The van der Waals surface area contributed by atoms with Gasteiger partial charge in [0, 0.05) is 32.5 Å². The van der Waals surface area contributed by atoms with Crippen LogP contribution in [0.1, 0.15) is 36.1 Å². The summed E-state index contributed by atoms with van der Waals surface area (Å²) in [5, 5.41) is 6.44. The fourth-order valence-electron chi connectivity index (χ4n) is 5.34. The van der Waals surface area contributed by atoms with Crippen molar-refractivity contribution in [3.8, 4) is 11.4 Å². The van der Waals surface area contributed by atoms with E-state index in [2.05, 4.69) is 71.3 Å². The second-order valence-corrected chi connectivity index (χ2v) is 9.66. The Bertz CT molecular complexity index is 1670. The number of hydrogen-bond donors (Lipinski definition) is 0. The molecule has 0 aliphatic heterocycles. The molecule has 0 atom stereocenters. The van der Waals surface area contributed by atoms with Gasteiger partial charge in [0.25, 0.3) is 0 Å². The van der Waals surface area contributed by atoms with Crippen LogP contribution in [-0.2, 0) is 25.5 Å². The first-order valence-corrected chi connectivity index (χ1v) is 11.9. The molecule has 1 aliphatic rings. The predicted molar refractivity (Wildman–Crippen MR) is 143 cm³/mol. The Morgan fingerprint density at radius 3 is 2.28 bits per heavy atom. The molecule has 0 N–H and O–H groups in total. The molecule has 179 valence electrons. The van der Waals surface area contributed by atoms with Crippen LogP contribution in [0.15, 0.2) is 79.3 Å². The maximum absolute atomic E-state index is 4.64. The van der Waals surface area contributed by atoms with E-state index < -0.39 is 0 Å². The number of rotatable bonds is 1. The number of aryl methyl sites for hydroxylation is 2. The van der Waals surface area contributed by atoms with E-state index in [4.69, 9.17) is 0 Å². The molecule has 4 heteroatoms. The Morgan fingerprint density at radius 1 is 0.722 bits per heavy atom. The van der Waals surface area contributed by atoms with Crippen molar-refractivity contribution in [2.75, 3.05) is 0 Å². The molecule has 0 unspecified atom stereocenters. The molecule has 0 saturated heterocycles. The minimum Gasteiger partial charge on any atom is -0.318 e. The van der Waals surface area contributed by atoms with Crippen LogP contribution in [0.25, 0.3) is 43.8 Å². The number of nitrogens with zero attached hydrogens (tertiary/aromatic N) is 3. The summed E-state index contributed by atoms with van der Waals surface area (Å²) in [6.07, 6.45) is 5.44. The zero-order valence-corrected chi connectivity index (χ0v) is 23.1. The van der Waals surface area contributed by atoms with E-state index in [9.17, 15) is 0 Å². The molecular weight excluding hydrogens is 619 g/mol. The van der Waals surface area contributed by atoms with E-state index >= 15 is 0 Å². The van der Waals surface area contributed by atoms with E-state index in [-0.39, 0.29) is 25.5 Å². The second kappa shape index (κ2) is 9.20. The van der Waals surface area contributed by atoms with Crippen molar-refractivity contribution >= 4 is 32.4 Å². The van der Waals surface area contributed by atoms with Crippen LogP contribution in [-0.4, -0.2) is 15.0 Å². The van der Waals surface area contributed by atoms with Crippen molar-refractivity contribution < 1.29 is 20.1 Å². The quantitative estimate of drug-likeness (QED) is 0.137. The van der Waals surface area contributed by atoms with E-state index in [1.165, 1.54) is 32.7 Å². The summed E-state index contributed by atoms with van der Waals surface area (Å²) in [7, 11) is 0. The maximum atomic E-state index is 4.64. The third-order valence-corrected chi connectivity index (χ3v) is 7.07. The SMILES string of the molecule is CC1(C)c2cc[c-]c3c4ncccc4c4cccc1c4c23.Cc1[c-]c(-c2ncccc2C)ncc1.[Ir]. The summed E-state index contributed by atoms with van der Waals surface area (Å²) >= 11 is 0. The third-order valence-electron chi connectivity index (χ3n) is 7.07. The summed E-state index contributed by atoms with van der Waals surface area (Å²) in [6, 6.07) is 27.6. The van der Waals surface area contributed by atoms with E-state index in [1.54, 1.807) is 12.4 Å². The fraction of sp³-hybridized carbons (Fsp3) is 0.156. The molecule has 3 aromatic heterocycles. The van der Waals surface area contributed by atoms with Crippen LogP contribution in [0.5, 0.6) is 0 Å². The van der Waals surface area contributed by atoms with Crippen molar-refractivity contribution in [1.29, 1.82) is 0 Å². The number of aromatic nitrogens is 3. The molecular formula is C32H25IrN3-2. The van der Waals surface area contributed by atoms with Crippen LogP contribution in [0.2, 0.25) is 0 Å². The summed E-state index contributed by atoms with van der Waals surface area (Å²) in [5.41, 5.74) is 7.88. The summed E-state index contributed by atoms with van der Waals surface area (Å²) in [6.45, 7) is 8.66. The number of pyridine rings is 3. The predicted octanol–water partition coefficient (Wildman–Crippen LogP) is 7.54. The van der Waals surface area contributed by atoms with Crippen LogP contribution in [0.3, 0.4) is 0 Å². The Kier molecular flexibility index (Phi) is 6.20. The zero-order chi connectivity index (χ0) is 24.2. The molecule has 0 amide bonds. The van der Waals surface area contributed by atoms with Crippen molar-refractivity contribution in [3.63, 3.8) is 0 Å². The molecule has 1 aliphatic carbocycles. The van der Waals surface area contributed by atoms with Gasteiger partial charge in [-0.25, -0.2) is 0 Å². The number of fused-ring (bicyclic) bond motifs is 3. The zero-order valence-electron chi connectivity index (χ0n) is 20.7. The minimum absolute atomic E-state index is 0. The number of hydrogen-bond acceptors (Lipinski definition) is 3. The summed E-state index contributed by atoms with van der Waals surface area (Å²) < 4.78 is 0. The Morgan fingerprint density at radius 2 is 1.47 bits per heavy atom.